The van der Waals surface area contributed by atoms with Crippen LogP contribution in [0.2, 0.25) is 0 Å². The van der Waals surface area contributed by atoms with E-state index >= 15 is 0 Å². The minimum atomic E-state index is 0.421. The van der Waals surface area contributed by atoms with Crippen molar-refractivity contribution in [1.82, 2.24) is 0 Å². The number of ether oxygens (including phenoxy) is 2. The maximum absolute atomic E-state index is 5.91. The summed E-state index contributed by atoms with van der Waals surface area (Å²) in [5.74, 6) is 0. The topological polar surface area (TPSA) is 18.5 Å². The number of hydrogen-bond donors (Lipinski definition) is 0. The third kappa shape index (κ3) is 14.7. The number of rotatable bonds is 20. The Labute approximate surface area is 159 Å². The van der Waals surface area contributed by atoms with E-state index in [1.807, 2.05) is 0 Å². The molecule has 152 valence electrons. The fourth-order valence-electron chi connectivity index (χ4n) is 3.48. The van der Waals surface area contributed by atoms with E-state index in [4.69, 9.17) is 9.47 Å². The second-order valence-corrected chi connectivity index (χ2v) is 7.76. The Morgan fingerprint density at radius 2 is 0.880 bits per heavy atom. The molecule has 0 amide bonds. The lowest BCUT2D eigenvalue weighted by Crippen LogP contribution is -2.23. The van der Waals surface area contributed by atoms with E-state index in [0.29, 0.717) is 5.41 Å². The van der Waals surface area contributed by atoms with Crippen LogP contribution in [0.5, 0.6) is 0 Å². The van der Waals surface area contributed by atoms with Crippen LogP contribution >= 0.6 is 0 Å². The normalized spacial score (nSPS) is 12.0. The Hall–Kier alpha value is -0.0800. The molecule has 25 heavy (non-hydrogen) atoms. The molecule has 0 N–H and O–H groups in total. The van der Waals surface area contributed by atoms with Gasteiger partial charge in [-0.3, -0.25) is 0 Å². The van der Waals surface area contributed by atoms with Crippen LogP contribution in [0.3, 0.4) is 0 Å². The molecular weight excluding hydrogens is 308 g/mol. The van der Waals surface area contributed by atoms with Crippen LogP contribution in [0.15, 0.2) is 0 Å². The zero-order chi connectivity index (χ0) is 18.6. The highest BCUT2D eigenvalue weighted by atomic mass is 16.5. The van der Waals surface area contributed by atoms with Crippen LogP contribution in [0.4, 0.5) is 0 Å². The second-order valence-electron chi connectivity index (χ2n) is 7.76. The van der Waals surface area contributed by atoms with Crippen molar-refractivity contribution >= 4 is 0 Å². The first-order chi connectivity index (χ1) is 12.2. The van der Waals surface area contributed by atoms with Gasteiger partial charge >= 0.3 is 0 Å². The van der Waals surface area contributed by atoms with Gasteiger partial charge in [0.1, 0.15) is 0 Å². The summed E-state index contributed by atoms with van der Waals surface area (Å²) in [7, 11) is 0. The Balaban J connectivity index is 3.70. The molecule has 0 aliphatic carbocycles. The monoisotopic (exact) mass is 356 g/mol. The molecule has 0 radical (unpaired) electrons. The van der Waals surface area contributed by atoms with Crippen LogP contribution in [-0.2, 0) is 9.47 Å². The van der Waals surface area contributed by atoms with Gasteiger partial charge in [0.2, 0.25) is 0 Å². The minimum Gasteiger partial charge on any atom is -0.381 e. The van der Waals surface area contributed by atoms with Crippen LogP contribution in [0.1, 0.15) is 118 Å². The standard InChI is InChI=1S/C23H48O2/c1-5-9-11-13-15-19-24-21-17-23(7-3,8-4)18-22-25-20-16-14-12-10-6-2/h5-22H2,1-4H3. The Morgan fingerprint density at radius 3 is 1.24 bits per heavy atom. The van der Waals surface area contributed by atoms with E-state index < -0.39 is 0 Å². The van der Waals surface area contributed by atoms with Crippen molar-refractivity contribution in [2.45, 2.75) is 118 Å². The van der Waals surface area contributed by atoms with Crippen LogP contribution in [0, 0.1) is 5.41 Å². The summed E-state index contributed by atoms with van der Waals surface area (Å²) >= 11 is 0. The molecule has 0 rings (SSSR count). The van der Waals surface area contributed by atoms with E-state index in [0.717, 1.165) is 26.4 Å². The van der Waals surface area contributed by atoms with Gasteiger partial charge in [-0.25, -0.2) is 0 Å². The van der Waals surface area contributed by atoms with Crippen LogP contribution < -0.4 is 0 Å². The van der Waals surface area contributed by atoms with E-state index in [1.54, 1.807) is 0 Å². The molecule has 0 fully saturated rings. The summed E-state index contributed by atoms with van der Waals surface area (Å²) < 4.78 is 11.8. The molecule has 0 aromatic carbocycles. The summed E-state index contributed by atoms with van der Waals surface area (Å²) in [5, 5.41) is 0. The largest absolute Gasteiger partial charge is 0.381 e. The van der Waals surface area contributed by atoms with Crippen molar-refractivity contribution < 1.29 is 9.47 Å². The maximum atomic E-state index is 5.91. The fraction of sp³-hybridized carbons (Fsp3) is 1.00. The molecule has 0 aromatic rings. The van der Waals surface area contributed by atoms with E-state index in [9.17, 15) is 0 Å². The van der Waals surface area contributed by atoms with Gasteiger partial charge in [0.15, 0.2) is 0 Å². The predicted molar refractivity (Wildman–Crippen MR) is 111 cm³/mol. The highest BCUT2D eigenvalue weighted by Crippen LogP contribution is 2.34. The van der Waals surface area contributed by atoms with Crippen molar-refractivity contribution in [2.75, 3.05) is 26.4 Å². The average molecular weight is 357 g/mol. The van der Waals surface area contributed by atoms with Crippen molar-refractivity contribution in [3.63, 3.8) is 0 Å². The van der Waals surface area contributed by atoms with Crippen LogP contribution in [0.25, 0.3) is 0 Å². The summed E-state index contributed by atoms with van der Waals surface area (Å²) in [6.07, 6.45) is 18.1. The lowest BCUT2D eigenvalue weighted by atomic mass is 9.77. The molecule has 0 unspecified atom stereocenters. The first-order valence-corrected chi connectivity index (χ1v) is 11.4. The highest BCUT2D eigenvalue weighted by molar-refractivity contribution is 4.76. The van der Waals surface area contributed by atoms with Gasteiger partial charge in [0, 0.05) is 26.4 Å². The SMILES string of the molecule is CCCCCCCOCCC(CC)(CC)CCOCCCCCCC. The molecule has 2 heteroatoms. The fourth-order valence-corrected chi connectivity index (χ4v) is 3.48. The molecule has 0 spiro atoms. The lowest BCUT2D eigenvalue weighted by molar-refractivity contribution is 0.0512. The third-order valence-electron chi connectivity index (χ3n) is 5.84. The molecule has 0 saturated carbocycles. The molecule has 0 bridgehead atoms. The number of hydrogen-bond acceptors (Lipinski definition) is 2. The lowest BCUT2D eigenvalue weighted by Gasteiger charge is -2.31. The third-order valence-corrected chi connectivity index (χ3v) is 5.84. The highest BCUT2D eigenvalue weighted by Gasteiger charge is 2.25. The van der Waals surface area contributed by atoms with Gasteiger partial charge in [-0.15, -0.1) is 0 Å². The summed E-state index contributed by atoms with van der Waals surface area (Å²) in [6.45, 7) is 12.9. The van der Waals surface area contributed by atoms with Crippen molar-refractivity contribution in [3.8, 4) is 0 Å². The van der Waals surface area contributed by atoms with Crippen molar-refractivity contribution in [1.29, 1.82) is 0 Å². The first-order valence-electron chi connectivity index (χ1n) is 11.4. The predicted octanol–water partition coefficient (Wildman–Crippen LogP) is 7.55. The van der Waals surface area contributed by atoms with Gasteiger partial charge in [-0.05, 0) is 31.1 Å². The zero-order valence-corrected chi connectivity index (χ0v) is 18.0. The van der Waals surface area contributed by atoms with Gasteiger partial charge < -0.3 is 9.47 Å². The second kappa shape index (κ2) is 18.7. The molecule has 0 aliphatic heterocycles. The molecular formula is C23H48O2. The maximum Gasteiger partial charge on any atom is 0.0471 e. The van der Waals surface area contributed by atoms with Crippen molar-refractivity contribution in [3.05, 3.63) is 0 Å². The quantitative estimate of drug-likeness (QED) is 0.210. The first kappa shape index (κ1) is 24.9. The molecule has 0 heterocycles. The minimum absolute atomic E-state index is 0.421. The van der Waals surface area contributed by atoms with Gasteiger partial charge in [0.25, 0.3) is 0 Å². The number of unbranched alkanes of at least 4 members (excludes halogenated alkanes) is 8. The van der Waals surface area contributed by atoms with Gasteiger partial charge in [-0.2, -0.15) is 0 Å². The summed E-state index contributed by atoms with van der Waals surface area (Å²) in [6, 6.07) is 0. The van der Waals surface area contributed by atoms with Gasteiger partial charge in [-0.1, -0.05) is 91.9 Å². The zero-order valence-electron chi connectivity index (χ0n) is 18.0. The van der Waals surface area contributed by atoms with E-state index in [1.165, 1.54) is 89.9 Å². The molecule has 0 aliphatic rings. The molecule has 2 nitrogen and oxygen atoms in total. The Bertz CT molecular complexity index is 226. The van der Waals surface area contributed by atoms with Gasteiger partial charge in [0.05, 0.1) is 0 Å². The Kier molecular flexibility index (Phi) is 18.6. The van der Waals surface area contributed by atoms with E-state index in [2.05, 4.69) is 27.7 Å². The van der Waals surface area contributed by atoms with Crippen molar-refractivity contribution in [2.24, 2.45) is 5.41 Å². The smallest absolute Gasteiger partial charge is 0.0471 e. The summed E-state index contributed by atoms with van der Waals surface area (Å²) in [4.78, 5) is 0. The molecule has 0 atom stereocenters. The van der Waals surface area contributed by atoms with Crippen LogP contribution in [-0.4, -0.2) is 26.4 Å². The molecule has 0 aromatic heterocycles. The van der Waals surface area contributed by atoms with E-state index in [-0.39, 0.29) is 0 Å². The summed E-state index contributed by atoms with van der Waals surface area (Å²) in [5.41, 5.74) is 0.421. The Morgan fingerprint density at radius 1 is 0.480 bits per heavy atom. The average Bonchev–Trinajstić information content (AvgIpc) is 2.64. The molecule has 0 saturated heterocycles.